The molecule has 1 aliphatic heterocycles. The molecule has 1 atom stereocenters. The highest BCUT2D eigenvalue weighted by molar-refractivity contribution is 6.06. The number of esters is 1. The molecule has 3 aromatic rings. The Labute approximate surface area is 168 Å². The summed E-state index contributed by atoms with van der Waals surface area (Å²) < 4.78 is 5.56. The van der Waals surface area contributed by atoms with Crippen LogP contribution in [-0.2, 0) is 22.5 Å². The maximum atomic E-state index is 13.1. The minimum absolute atomic E-state index is 0.407. The molecule has 0 radical (unpaired) electrons. The van der Waals surface area contributed by atoms with Crippen molar-refractivity contribution in [2.45, 2.75) is 26.0 Å². The van der Waals surface area contributed by atoms with Crippen LogP contribution in [0.5, 0.6) is 0 Å². The lowest BCUT2D eigenvalue weighted by Crippen LogP contribution is -2.32. The van der Waals surface area contributed by atoms with Gasteiger partial charge in [-0.15, -0.1) is 0 Å². The van der Waals surface area contributed by atoms with E-state index < -0.39 is 18.0 Å². The van der Waals surface area contributed by atoms with Crippen LogP contribution in [0.25, 0.3) is 10.9 Å². The first-order valence-electron chi connectivity index (χ1n) is 9.54. The fourth-order valence-electron chi connectivity index (χ4n) is 3.51. The van der Waals surface area contributed by atoms with E-state index in [-0.39, 0.29) is 0 Å². The molecular formula is C22H22N4O3. The molecule has 148 valence electrons. The van der Waals surface area contributed by atoms with Crippen molar-refractivity contribution in [1.82, 2.24) is 14.9 Å². The van der Waals surface area contributed by atoms with Crippen LogP contribution in [0, 0.1) is 0 Å². The van der Waals surface area contributed by atoms with Crippen LogP contribution in [0.2, 0.25) is 0 Å². The highest BCUT2D eigenvalue weighted by Gasteiger charge is 2.27. The predicted molar refractivity (Wildman–Crippen MR) is 110 cm³/mol. The second-order valence-electron chi connectivity index (χ2n) is 7.20. The van der Waals surface area contributed by atoms with E-state index in [2.05, 4.69) is 15.2 Å². The second-order valence-corrected chi connectivity index (χ2v) is 7.20. The number of carbonyl (C=O) groups is 2. The van der Waals surface area contributed by atoms with E-state index in [1.807, 2.05) is 31.3 Å². The normalized spacial score (nSPS) is 14.8. The van der Waals surface area contributed by atoms with Gasteiger partial charge in [0.2, 0.25) is 0 Å². The van der Waals surface area contributed by atoms with Gasteiger partial charge in [-0.05, 0) is 32.2 Å². The Morgan fingerprint density at radius 2 is 2.03 bits per heavy atom. The summed E-state index contributed by atoms with van der Waals surface area (Å²) in [6, 6.07) is 11.0. The molecule has 1 N–H and O–H groups in total. The number of pyridine rings is 2. The van der Waals surface area contributed by atoms with Crippen molar-refractivity contribution in [3.8, 4) is 0 Å². The Hall–Kier alpha value is -3.32. The topological polar surface area (TPSA) is 84.4 Å². The van der Waals surface area contributed by atoms with Gasteiger partial charge in [-0.3, -0.25) is 14.8 Å². The van der Waals surface area contributed by atoms with Crippen molar-refractivity contribution in [1.29, 1.82) is 0 Å². The lowest BCUT2D eigenvalue weighted by atomic mass is 9.96. The van der Waals surface area contributed by atoms with Gasteiger partial charge in [0.15, 0.2) is 6.10 Å². The van der Waals surface area contributed by atoms with Gasteiger partial charge in [0, 0.05) is 42.4 Å². The van der Waals surface area contributed by atoms with Crippen LogP contribution in [0.1, 0.15) is 28.5 Å². The number of fused-ring (bicyclic) bond motifs is 2. The van der Waals surface area contributed by atoms with Gasteiger partial charge >= 0.3 is 5.97 Å². The van der Waals surface area contributed by atoms with Gasteiger partial charge in [0.25, 0.3) is 5.91 Å². The van der Waals surface area contributed by atoms with E-state index >= 15 is 0 Å². The maximum absolute atomic E-state index is 13.1. The summed E-state index contributed by atoms with van der Waals surface area (Å²) in [6.07, 6.45) is 2.98. The summed E-state index contributed by atoms with van der Waals surface area (Å²) in [4.78, 5) is 36.4. The minimum atomic E-state index is -0.952. The van der Waals surface area contributed by atoms with E-state index in [1.165, 1.54) is 6.20 Å². The Kier molecular flexibility index (Phi) is 5.22. The molecule has 1 aliphatic rings. The average molecular weight is 390 g/mol. The van der Waals surface area contributed by atoms with Crippen LogP contribution >= 0.6 is 0 Å². The van der Waals surface area contributed by atoms with Gasteiger partial charge in [0.1, 0.15) is 0 Å². The zero-order valence-corrected chi connectivity index (χ0v) is 16.4. The number of rotatable bonds is 4. The van der Waals surface area contributed by atoms with Crippen molar-refractivity contribution in [2.75, 3.05) is 18.9 Å². The fourth-order valence-corrected chi connectivity index (χ4v) is 3.51. The number of aromatic nitrogens is 2. The maximum Gasteiger partial charge on any atom is 0.339 e. The van der Waals surface area contributed by atoms with Crippen molar-refractivity contribution in [3.05, 3.63) is 65.6 Å². The quantitative estimate of drug-likeness (QED) is 0.690. The van der Waals surface area contributed by atoms with E-state index in [9.17, 15) is 9.59 Å². The molecule has 0 saturated carbocycles. The van der Waals surface area contributed by atoms with Gasteiger partial charge in [-0.25, -0.2) is 4.79 Å². The van der Waals surface area contributed by atoms with Crippen LogP contribution in [-0.4, -0.2) is 46.4 Å². The van der Waals surface area contributed by atoms with E-state index in [4.69, 9.17) is 9.72 Å². The Morgan fingerprint density at radius 3 is 2.83 bits per heavy atom. The van der Waals surface area contributed by atoms with Crippen molar-refractivity contribution in [2.24, 2.45) is 0 Å². The summed E-state index contributed by atoms with van der Waals surface area (Å²) in [7, 11) is 2.01. The molecule has 0 fully saturated rings. The first kappa shape index (κ1) is 19.0. The lowest BCUT2D eigenvalue weighted by Gasteiger charge is -2.27. The monoisotopic (exact) mass is 390 g/mol. The lowest BCUT2D eigenvalue weighted by molar-refractivity contribution is -0.123. The third-order valence-corrected chi connectivity index (χ3v) is 5.02. The average Bonchev–Trinajstić information content (AvgIpc) is 2.72. The number of ether oxygens (including phenoxy) is 1. The number of amides is 1. The second kappa shape index (κ2) is 7.97. The molecule has 0 saturated heterocycles. The van der Waals surface area contributed by atoms with Crippen LogP contribution in [0.15, 0.2) is 48.8 Å². The summed E-state index contributed by atoms with van der Waals surface area (Å²) in [5, 5.41) is 3.45. The molecule has 0 bridgehead atoms. The molecule has 3 heterocycles. The molecule has 7 heteroatoms. The smallest absolute Gasteiger partial charge is 0.339 e. The minimum Gasteiger partial charge on any atom is -0.449 e. The number of hydrogen-bond donors (Lipinski definition) is 1. The Morgan fingerprint density at radius 1 is 1.21 bits per heavy atom. The van der Waals surface area contributed by atoms with E-state index in [1.54, 1.807) is 25.3 Å². The molecule has 4 rings (SSSR count). The Bertz CT molecular complexity index is 1070. The van der Waals surface area contributed by atoms with E-state index in [0.717, 1.165) is 35.1 Å². The third kappa shape index (κ3) is 3.95. The largest absolute Gasteiger partial charge is 0.449 e. The molecule has 1 unspecified atom stereocenters. The SMILES string of the molecule is CC(OC(=O)c1c2c(nc3ccccc13)CCN(C)C2)C(=O)Nc1cccnc1. The van der Waals surface area contributed by atoms with Crippen LogP contribution < -0.4 is 5.32 Å². The number of anilines is 1. The number of carbonyl (C=O) groups excluding carboxylic acids is 2. The number of hydrogen-bond acceptors (Lipinski definition) is 6. The van der Waals surface area contributed by atoms with E-state index in [0.29, 0.717) is 17.8 Å². The highest BCUT2D eigenvalue weighted by Crippen LogP contribution is 2.28. The molecule has 0 aliphatic carbocycles. The molecule has 7 nitrogen and oxygen atoms in total. The molecule has 29 heavy (non-hydrogen) atoms. The summed E-state index contributed by atoms with van der Waals surface area (Å²) >= 11 is 0. The molecular weight excluding hydrogens is 368 g/mol. The molecule has 1 amide bonds. The standard InChI is InChI=1S/C22H22N4O3/c1-14(21(27)24-15-6-5-10-23-12-15)29-22(28)20-16-7-3-4-8-18(16)25-19-9-11-26(2)13-17(19)20/h3-8,10,12,14H,9,11,13H2,1-2H3,(H,24,27). The highest BCUT2D eigenvalue weighted by atomic mass is 16.5. The number of para-hydroxylation sites is 1. The number of likely N-dealkylation sites (N-methyl/N-ethyl adjacent to an activating group) is 1. The summed E-state index contributed by atoms with van der Waals surface area (Å²) in [6.45, 7) is 3.07. The van der Waals surface area contributed by atoms with Gasteiger partial charge in [0.05, 0.1) is 23.0 Å². The molecule has 0 spiro atoms. The number of nitrogens with zero attached hydrogens (tertiary/aromatic N) is 3. The zero-order chi connectivity index (χ0) is 20.4. The Balaban J connectivity index is 1.62. The van der Waals surface area contributed by atoms with Crippen molar-refractivity contribution < 1.29 is 14.3 Å². The first-order valence-corrected chi connectivity index (χ1v) is 9.54. The zero-order valence-electron chi connectivity index (χ0n) is 16.4. The van der Waals surface area contributed by atoms with Gasteiger partial charge in [-0.1, -0.05) is 18.2 Å². The third-order valence-electron chi connectivity index (χ3n) is 5.02. The molecule has 1 aromatic carbocycles. The number of benzene rings is 1. The first-order chi connectivity index (χ1) is 14.0. The fraction of sp³-hybridized carbons (Fsp3) is 0.273. The van der Waals surface area contributed by atoms with Crippen molar-refractivity contribution in [3.63, 3.8) is 0 Å². The number of nitrogens with one attached hydrogen (secondary N) is 1. The molecule has 2 aromatic heterocycles. The summed E-state index contributed by atoms with van der Waals surface area (Å²) in [5.41, 5.74) is 3.60. The predicted octanol–water partition coefficient (Wildman–Crippen LogP) is 2.80. The van der Waals surface area contributed by atoms with Crippen LogP contribution in [0.4, 0.5) is 5.69 Å². The van der Waals surface area contributed by atoms with Crippen LogP contribution in [0.3, 0.4) is 0 Å². The van der Waals surface area contributed by atoms with Gasteiger partial charge < -0.3 is 15.0 Å². The summed E-state index contributed by atoms with van der Waals surface area (Å²) in [5.74, 6) is -0.917. The van der Waals surface area contributed by atoms with Crippen molar-refractivity contribution >= 4 is 28.5 Å². The van der Waals surface area contributed by atoms with Gasteiger partial charge in [-0.2, -0.15) is 0 Å².